The van der Waals surface area contributed by atoms with E-state index in [1.165, 1.54) is 35.8 Å². The van der Waals surface area contributed by atoms with Crippen LogP contribution in [0.3, 0.4) is 0 Å². The average Bonchev–Trinajstić information content (AvgIpc) is 3.47. The molecule has 2 N–H and O–H groups in total. The molecule has 168 valence electrons. The zero-order valence-electron chi connectivity index (χ0n) is 17.7. The fourth-order valence-corrected chi connectivity index (χ4v) is 5.02. The summed E-state index contributed by atoms with van der Waals surface area (Å²) in [6.07, 6.45) is 4.48. The van der Waals surface area contributed by atoms with Gasteiger partial charge in [-0.3, -0.25) is 10.1 Å². The number of sulfonamides is 1. The number of thiazole rings is 1. The second-order valence-electron chi connectivity index (χ2n) is 7.10. The number of carbonyl (C=O) groups is 1. The fraction of sp³-hybridized carbons (Fsp3) is 0.0833. The first-order valence-corrected chi connectivity index (χ1v) is 12.3. The molecule has 0 saturated carbocycles. The lowest BCUT2D eigenvalue weighted by Crippen LogP contribution is -2.22. The Hall–Kier alpha value is -3.53. The minimum atomic E-state index is -3.67. The summed E-state index contributed by atoms with van der Waals surface area (Å²) < 4.78 is 32.4. The van der Waals surface area contributed by atoms with Gasteiger partial charge < -0.3 is 4.42 Å². The minimum absolute atomic E-state index is 0.0688. The SMILES string of the molecule is Cc1nc(NC(=O)/C=C/c2ccc(S(=O)(=O)NCc3ccco3)cc2)sc1-c1ccccc1. The van der Waals surface area contributed by atoms with Crippen LogP contribution in [0, 0.1) is 6.92 Å². The summed E-state index contributed by atoms with van der Waals surface area (Å²) in [5.41, 5.74) is 2.59. The van der Waals surface area contributed by atoms with Gasteiger partial charge in [-0.1, -0.05) is 53.8 Å². The number of amides is 1. The number of carbonyl (C=O) groups excluding carboxylic acids is 1. The lowest BCUT2D eigenvalue weighted by atomic mass is 10.2. The highest BCUT2D eigenvalue weighted by Crippen LogP contribution is 2.32. The first kappa shape index (κ1) is 22.7. The first-order chi connectivity index (χ1) is 15.9. The van der Waals surface area contributed by atoms with Crippen LogP contribution in [0.2, 0.25) is 0 Å². The summed E-state index contributed by atoms with van der Waals surface area (Å²) in [5.74, 6) is 0.204. The van der Waals surface area contributed by atoms with Crippen LogP contribution in [0.1, 0.15) is 17.0 Å². The zero-order chi connectivity index (χ0) is 23.3. The highest BCUT2D eigenvalue weighted by molar-refractivity contribution is 7.89. The van der Waals surface area contributed by atoms with Gasteiger partial charge in [0.1, 0.15) is 5.76 Å². The minimum Gasteiger partial charge on any atom is -0.468 e. The third kappa shape index (κ3) is 5.83. The fourth-order valence-electron chi connectivity index (χ4n) is 3.05. The Labute approximate surface area is 195 Å². The molecule has 0 aliphatic carbocycles. The molecule has 0 saturated heterocycles. The molecule has 0 fully saturated rings. The normalized spacial score (nSPS) is 11.7. The smallest absolute Gasteiger partial charge is 0.250 e. The number of nitrogens with one attached hydrogen (secondary N) is 2. The Morgan fingerprint density at radius 1 is 1.06 bits per heavy atom. The molecule has 9 heteroatoms. The number of aryl methyl sites for hydroxylation is 1. The van der Waals surface area contributed by atoms with Crippen LogP contribution in [0.15, 0.2) is 88.4 Å². The van der Waals surface area contributed by atoms with Crippen LogP contribution in [0.5, 0.6) is 0 Å². The van der Waals surface area contributed by atoms with Crippen molar-refractivity contribution in [1.29, 1.82) is 0 Å². The molecule has 0 bridgehead atoms. The molecule has 2 heterocycles. The van der Waals surface area contributed by atoms with Crippen LogP contribution in [0.4, 0.5) is 5.13 Å². The molecular weight excluding hydrogens is 458 g/mol. The van der Waals surface area contributed by atoms with Crippen molar-refractivity contribution in [3.05, 3.63) is 96.1 Å². The van der Waals surface area contributed by atoms with E-state index in [0.29, 0.717) is 16.5 Å². The number of furan rings is 1. The summed E-state index contributed by atoms with van der Waals surface area (Å²) in [5, 5.41) is 3.29. The molecule has 0 radical (unpaired) electrons. The van der Waals surface area contributed by atoms with Gasteiger partial charge in [0.25, 0.3) is 0 Å². The lowest BCUT2D eigenvalue weighted by molar-refractivity contribution is -0.111. The Bertz CT molecular complexity index is 1360. The number of rotatable bonds is 8. The zero-order valence-corrected chi connectivity index (χ0v) is 19.3. The molecule has 4 rings (SSSR count). The molecule has 0 atom stereocenters. The number of nitrogens with zero attached hydrogens (tertiary/aromatic N) is 1. The number of anilines is 1. The maximum Gasteiger partial charge on any atom is 0.250 e. The molecule has 0 aliphatic heterocycles. The van der Waals surface area contributed by atoms with E-state index in [2.05, 4.69) is 15.0 Å². The highest BCUT2D eigenvalue weighted by atomic mass is 32.2. The maximum atomic E-state index is 12.4. The van der Waals surface area contributed by atoms with Crippen molar-refractivity contribution in [2.75, 3.05) is 5.32 Å². The Morgan fingerprint density at radius 2 is 1.82 bits per heavy atom. The second kappa shape index (κ2) is 9.95. The van der Waals surface area contributed by atoms with E-state index in [4.69, 9.17) is 4.42 Å². The van der Waals surface area contributed by atoms with Gasteiger partial charge in [-0.15, -0.1) is 0 Å². The van der Waals surface area contributed by atoms with E-state index in [1.807, 2.05) is 37.3 Å². The largest absolute Gasteiger partial charge is 0.468 e. The van der Waals surface area contributed by atoms with Gasteiger partial charge in [-0.25, -0.2) is 18.1 Å². The number of aromatic nitrogens is 1. The molecule has 7 nitrogen and oxygen atoms in total. The monoisotopic (exact) mass is 479 g/mol. The predicted molar refractivity (Wildman–Crippen MR) is 129 cm³/mol. The number of hydrogen-bond acceptors (Lipinski definition) is 6. The molecule has 1 amide bonds. The molecule has 0 aliphatic rings. The van der Waals surface area contributed by atoms with Crippen molar-refractivity contribution in [1.82, 2.24) is 9.71 Å². The summed E-state index contributed by atoms with van der Waals surface area (Å²) >= 11 is 1.41. The van der Waals surface area contributed by atoms with E-state index < -0.39 is 10.0 Å². The van der Waals surface area contributed by atoms with Gasteiger partial charge in [0.15, 0.2) is 5.13 Å². The topological polar surface area (TPSA) is 101 Å². The third-order valence-electron chi connectivity index (χ3n) is 4.70. The van der Waals surface area contributed by atoms with E-state index in [0.717, 1.165) is 16.1 Å². The standard InChI is InChI=1S/C24H21N3O4S2/c1-17-23(19-6-3-2-4-7-19)32-24(26-17)27-22(28)14-11-18-9-12-21(13-10-18)33(29,30)25-16-20-8-5-15-31-20/h2-15,25H,16H2,1H3,(H,26,27,28)/b14-11+. The van der Waals surface area contributed by atoms with Gasteiger partial charge in [0.2, 0.25) is 15.9 Å². The van der Waals surface area contributed by atoms with Crippen LogP contribution in [0.25, 0.3) is 16.5 Å². The van der Waals surface area contributed by atoms with Crippen LogP contribution in [-0.2, 0) is 21.4 Å². The third-order valence-corrected chi connectivity index (χ3v) is 7.24. The van der Waals surface area contributed by atoms with Crippen molar-refractivity contribution < 1.29 is 17.6 Å². The van der Waals surface area contributed by atoms with Crippen molar-refractivity contribution in [3.8, 4) is 10.4 Å². The van der Waals surface area contributed by atoms with Crippen molar-refractivity contribution in [2.24, 2.45) is 0 Å². The molecular formula is C24H21N3O4S2. The van der Waals surface area contributed by atoms with Gasteiger partial charge in [-0.2, -0.15) is 0 Å². The van der Waals surface area contributed by atoms with E-state index in [9.17, 15) is 13.2 Å². The van der Waals surface area contributed by atoms with E-state index in [1.54, 1.807) is 30.3 Å². The molecule has 0 unspecified atom stereocenters. The van der Waals surface area contributed by atoms with Crippen LogP contribution < -0.4 is 10.0 Å². The van der Waals surface area contributed by atoms with Gasteiger partial charge in [0.05, 0.1) is 28.3 Å². The first-order valence-electron chi connectivity index (χ1n) is 10.0. The second-order valence-corrected chi connectivity index (χ2v) is 9.86. The predicted octanol–water partition coefficient (Wildman–Crippen LogP) is 4.84. The summed E-state index contributed by atoms with van der Waals surface area (Å²) in [7, 11) is -3.67. The summed E-state index contributed by atoms with van der Waals surface area (Å²) in [6, 6.07) is 19.5. The molecule has 33 heavy (non-hydrogen) atoms. The Kier molecular flexibility index (Phi) is 6.83. The van der Waals surface area contributed by atoms with Gasteiger partial charge in [0, 0.05) is 6.08 Å². The summed E-state index contributed by atoms with van der Waals surface area (Å²) in [6.45, 7) is 1.97. The average molecular weight is 480 g/mol. The molecule has 2 aromatic heterocycles. The lowest BCUT2D eigenvalue weighted by Gasteiger charge is -2.05. The van der Waals surface area contributed by atoms with Crippen LogP contribution >= 0.6 is 11.3 Å². The van der Waals surface area contributed by atoms with Crippen LogP contribution in [-0.4, -0.2) is 19.3 Å². The molecule has 4 aromatic rings. The van der Waals surface area contributed by atoms with Crippen molar-refractivity contribution in [3.63, 3.8) is 0 Å². The number of benzene rings is 2. The molecule has 0 spiro atoms. The maximum absolute atomic E-state index is 12.4. The number of hydrogen-bond donors (Lipinski definition) is 2. The van der Waals surface area contributed by atoms with Gasteiger partial charge >= 0.3 is 0 Å². The van der Waals surface area contributed by atoms with Crippen molar-refractivity contribution >= 4 is 38.5 Å². The van der Waals surface area contributed by atoms with E-state index in [-0.39, 0.29) is 17.3 Å². The quantitative estimate of drug-likeness (QED) is 0.352. The molecule has 2 aromatic carbocycles. The Morgan fingerprint density at radius 3 is 2.52 bits per heavy atom. The van der Waals surface area contributed by atoms with Crippen molar-refractivity contribution in [2.45, 2.75) is 18.4 Å². The van der Waals surface area contributed by atoms with E-state index >= 15 is 0 Å². The van der Waals surface area contributed by atoms with Gasteiger partial charge in [-0.05, 0) is 48.4 Å². The summed E-state index contributed by atoms with van der Waals surface area (Å²) in [4.78, 5) is 17.9. The Balaban J connectivity index is 1.37. The highest BCUT2D eigenvalue weighted by Gasteiger charge is 2.14.